The summed E-state index contributed by atoms with van der Waals surface area (Å²) in [5.74, 6) is 1.66. The van der Waals surface area contributed by atoms with Crippen molar-refractivity contribution < 1.29 is 23.8 Å². The summed E-state index contributed by atoms with van der Waals surface area (Å²) in [6.07, 6.45) is 0.836. The Balaban J connectivity index is 1.85. The SMILES string of the molecule is COc1ccc(-c2nnn(CC(=O)N(c3ccccc3OC)C(C)C(=O)NCCC(C)C)n2)cc1OC. The fraction of sp³-hybridized carbons (Fsp3) is 0.423. The number of carbonyl (C=O) groups is 2. The number of rotatable bonds is 12. The van der Waals surface area contributed by atoms with Crippen LogP contribution in [0.3, 0.4) is 0 Å². The quantitative estimate of drug-likeness (QED) is 0.395. The molecule has 2 amide bonds. The highest BCUT2D eigenvalue weighted by molar-refractivity contribution is 6.01. The topological polar surface area (TPSA) is 121 Å². The lowest BCUT2D eigenvalue weighted by Crippen LogP contribution is -2.49. The van der Waals surface area contributed by atoms with Gasteiger partial charge in [-0.1, -0.05) is 26.0 Å². The number of ether oxygens (including phenoxy) is 3. The first-order valence-corrected chi connectivity index (χ1v) is 12.0. The Bertz CT molecular complexity index is 1210. The Labute approximate surface area is 216 Å². The molecule has 0 spiro atoms. The van der Waals surface area contributed by atoms with Crippen molar-refractivity contribution in [3.05, 3.63) is 42.5 Å². The van der Waals surface area contributed by atoms with Crippen molar-refractivity contribution >= 4 is 17.5 Å². The van der Waals surface area contributed by atoms with Crippen LogP contribution >= 0.6 is 0 Å². The van der Waals surface area contributed by atoms with Gasteiger partial charge in [0.25, 0.3) is 5.91 Å². The number of para-hydroxylation sites is 2. The number of nitrogens with zero attached hydrogens (tertiary/aromatic N) is 5. The maximum atomic E-state index is 13.6. The molecule has 3 aromatic rings. The Kier molecular flexibility index (Phi) is 9.42. The lowest BCUT2D eigenvalue weighted by molar-refractivity contribution is -0.126. The highest BCUT2D eigenvalue weighted by atomic mass is 16.5. The predicted octanol–water partition coefficient (Wildman–Crippen LogP) is 2.95. The summed E-state index contributed by atoms with van der Waals surface area (Å²) in [4.78, 5) is 29.1. The van der Waals surface area contributed by atoms with E-state index in [-0.39, 0.29) is 12.5 Å². The second-order valence-electron chi connectivity index (χ2n) is 8.80. The molecule has 11 heteroatoms. The number of amides is 2. The number of carbonyl (C=O) groups excluding carboxylic acids is 2. The van der Waals surface area contributed by atoms with E-state index >= 15 is 0 Å². The molecule has 37 heavy (non-hydrogen) atoms. The van der Waals surface area contributed by atoms with Gasteiger partial charge in [0.2, 0.25) is 11.7 Å². The molecule has 11 nitrogen and oxygen atoms in total. The van der Waals surface area contributed by atoms with Crippen LogP contribution in [-0.4, -0.2) is 65.9 Å². The fourth-order valence-corrected chi connectivity index (χ4v) is 3.74. The number of nitrogens with one attached hydrogen (secondary N) is 1. The number of hydrogen-bond acceptors (Lipinski definition) is 8. The molecule has 1 heterocycles. The van der Waals surface area contributed by atoms with Crippen molar-refractivity contribution in [2.45, 2.75) is 39.8 Å². The third kappa shape index (κ3) is 6.75. The van der Waals surface area contributed by atoms with Gasteiger partial charge in [-0.2, -0.15) is 4.80 Å². The molecule has 1 N–H and O–H groups in total. The summed E-state index contributed by atoms with van der Waals surface area (Å²) < 4.78 is 16.1. The van der Waals surface area contributed by atoms with Crippen molar-refractivity contribution in [3.8, 4) is 28.6 Å². The lowest BCUT2D eigenvalue weighted by Gasteiger charge is -2.29. The van der Waals surface area contributed by atoms with Crippen molar-refractivity contribution in [2.75, 3.05) is 32.8 Å². The van der Waals surface area contributed by atoms with Crippen LogP contribution in [0.2, 0.25) is 0 Å². The molecule has 1 aromatic heterocycles. The van der Waals surface area contributed by atoms with E-state index in [1.165, 1.54) is 23.9 Å². The normalized spacial score (nSPS) is 11.6. The highest BCUT2D eigenvalue weighted by Crippen LogP contribution is 2.31. The molecule has 0 bridgehead atoms. The van der Waals surface area contributed by atoms with Gasteiger partial charge in [0.1, 0.15) is 18.3 Å². The maximum Gasteiger partial charge on any atom is 0.251 e. The van der Waals surface area contributed by atoms with Crippen LogP contribution in [0.15, 0.2) is 42.5 Å². The highest BCUT2D eigenvalue weighted by Gasteiger charge is 2.30. The van der Waals surface area contributed by atoms with Gasteiger partial charge in [-0.05, 0) is 54.8 Å². The predicted molar refractivity (Wildman–Crippen MR) is 139 cm³/mol. The summed E-state index contributed by atoms with van der Waals surface area (Å²) >= 11 is 0. The van der Waals surface area contributed by atoms with Crippen molar-refractivity contribution in [3.63, 3.8) is 0 Å². The van der Waals surface area contributed by atoms with Crippen molar-refractivity contribution in [1.29, 1.82) is 0 Å². The summed E-state index contributed by atoms with van der Waals surface area (Å²) in [7, 11) is 4.61. The van der Waals surface area contributed by atoms with E-state index in [0.29, 0.717) is 46.8 Å². The van der Waals surface area contributed by atoms with Gasteiger partial charge in [-0.15, -0.1) is 10.2 Å². The minimum atomic E-state index is -0.801. The van der Waals surface area contributed by atoms with Crippen LogP contribution in [0, 0.1) is 5.92 Å². The number of benzene rings is 2. The van der Waals surface area contributed by atoms with E-state index in [4.69, 9.17) is 14.2 Å². The minimum Gasteiger partial charge on any atom is -0.495 e. The zero-order valence-corrected chi connectivity index (χ0v) is 22.1. The number of methoxy groups -OCH3 is 3. The van der Waals surface area contributed by atoms with Crippen molar-refractivity contribution in [1.82, 2.24) is 25.5 Å². The molecule has 198 valence electrons. The van der Waals surface area contributed by atoms with Crippen LogP contribution in [-0.2, 0) is 16.1 Å². The first-order chi connectivity index (χ1) is 17.8. The molecule has 0 aliphatic heterocycles. The molecule has 0 saturated carbocycles. The van der Waals surface area contributed by atoms with Gasteiger partial charge in [0, 0.05) is 12.1 Å². The van der Waals surface area contributed by atoms with Crippen LogP contribution < -0.4 is 24.4 Å². The number of tetrazole rings is 1. The van der Waals surface area contributed by atoms with E-state index in [9.17, 15) is 9.59 Å². The van der Waals surface area contributed by atoms with Crippen LogP contribution in [0.5, 0.6) is 17.2 Å². The van der Waals surface area contributed by atoms with Gasteiger partial charge >= 0.3 is 0 Å². The average molecular weight is 511 g/mol. The molecule has 2 aromatic carbocycles. The van der Waals surface area contributed by atoms with E-state index in [1.54, 1.807) is 56.5 Å². The maximum absolute atomic E-state index is 13.6. The second kappa shape index (κ2) is 12.7. The Morgan fingerprint density at radius 2 is 1.68 bits per heavy atom. The molecule has 1 atom stereocenters. The molecular formula is C26H34N6O5. The third-order valence-corrected chi connectivity index (χ3v) is 5.77. The average Bonchev–Trinajstić information content (AvgIpc) is 3.36. The molecule has 0 aliphatic rings. The van der Waals surface area contributed by atoms with Gasteiger partial charge in [0.15, 0.2) is 11.5 Å². The summed E-state index contributed by atoms with van der Waals surface area (Å²) in [6, 6.07) is 11.5. The van der Waals surface area contributed by atoms with E-state index in [1.807, 2.05) is 0 Å². The van der Waals surface area contributed by atoms with Crippen molar-refractivity contribution in [2.24, 2.45) is 5.92 Å². The van der Waals surface area contributed by atoms with Gasteiger partial charge in [-0.25, -0.2) is 0 Å². The lowest BCUT2D eigenvalue weighted by atomic mass is 10.1. The standard InChI is InChI=1S/C26H34N6O5/c1-17(2)13-14-27-26(34)18(3)32(20-9-7-8-10-21(20)35-4)24(33)16-31-29-25(28-30-31)19-11-12-22(36-5)23(15-19)37-6/h7-12,15,17-18H,13-14,16H2,1-6H3,(H,27,34). The fourth-order valence-electron chi connectivity index (χ4n) is 3.74. The molecular weight excluding hydrogens is 476 g/mol. The Morgan fingerprint density at radius 1 is 0.973 bits per heavy atom. The largest absolute Gasteiger partial charge is 0.495 e. The summed E-state index contributed by atoms with van der Waals surface area (Å²) in [5, 5.41) is 15.4. The zero-order chi connectivity index (χ0) is 26.9. The smallest absolute Gasteiger partial charge is 0.251 e. The van der Waals surface area contributed by atoms with Gasteiger partial charge < -0.3 is 19.5 Å². The van der Waals surface area contributed by atoms with Gasteiger partial charge in [0.05, 0.1) is 27.0 Å². The Morgan fingerprint density at radius 3 is 2.35 bits per heavy atom. The molecule has 0 fully saturated rings. The third-order valence-electron chi connectivity index (χ3n) is 5.77. The first-order valence-electron chi connectivity index (χ1n) is 12.0. The van der Waals surface area contributed by atoms with E-state index in [2.05, 4.69) is 34.6 Å². The number of aromatic nitrogens is 4. The molecule has 1 unspecified atom stereocenters. The molecule has 0 radical (unpaired) electrons. The monoisotopic (exact) mass is 510 g/mol. The Hall–Kier alpha value is -4.15. The first kappa shape index (κ1) is 27.4. The van der Waals surface area contributed by atoms with Gasteiger partial charge in [-0.3, -0.25) is 14.5 Å². The molecule has 0 saturated heterocycles. The van der Waals surface area contributed by atoms with Crippen LogP contribution in [0.1, 0.15) is 27.2 Å². The van der Waals surface area contributed by atoms with E-state index in [0.717, 1.165) is 6.42 Å². The minimum absolute atomic E-state index is 0.234. The molecule has 0 aliphatic carbocycles. The zero-order valence-electron chi connectivity index (χ0n) is 22.1. The molecule has 3 rings (SSSR count). The number of anilines is 1. The second-order valence-corrected chi connectivity index (χ2v) is 8.80. The van der Waals surface area contributed by atoms with Crippen LogP contribution in [0.25, 0.3) is 11.4 Å². The summed E-state index contributed by atoms with van der Waals surface area (Å²) in [5.41, 5.74) is 1.12. The van der Waals surface area contributed by atoms with Crippen LogP contribution in [0.4, 0.5) is 5.69 Å². The number of hydrogen-bond donors (Lipinski definition) is 1. The summed E-state index contributed by atoms with van der Waals surface area (Å²) in [6.45, 7) is 6.14. The van der Waals surface area contributed by atoms with E-state index < -0.39 is 11.9 Å².